The number of hydrogen-bond donors (Lipinski definition) is 2. The van der Waals surface area contributed by atoms with Crippen LogP contribution in [0, 0.1) is 5.41 Å². The second kappa shape index (κ2) is 12.5. The third kappa shape index (κ3) is 7.24. The van der Waals surface area contributed by atoms with E-state index >= 15 is 0 Å². The number of carbonyl (C=O) groups excluding carboxylic acids is 2. The van der Waals surface area contributed by atoms with Crippen LogP contribution >= 0.6 is 0 Å². The maximum atomic E-state index is 13.2. The fourth-order valence-electron chi connectivity index (χ4n) is 4.78. The Bertz CT molecular complexity index is 751. The Kier molecular flexibility index (Phi) is 9.67. The van der Waals surface area contributed by atoms with Crippen molar-refractivity contribution in [3.63, 3.8) is 0 Å². The van der Waals surface area contributed by atoms with E-state index < -0.39 is 17.6 Å². The van der Waals surface area contributed by atoms with Crippen molar-refractivity contribution < 1.29 is 29.3 Å². The van der Waals surface area contributed by atoms with Gasteiger partial charge in [-0.2, -0.15) is 0 Å². The van der Waals surface area contributed by atoms with E-state index in [1.807, 2.05) is 18.2 Å². The summed E-state index contributed by atoms with van der Waals surface area (Å²) in [6, 6.07) is 10.3. The Labute approximate surface area is 196 Å². The summed E-state index contributed by atoms with van der Waals surface area (Å²) in [6.45, 7) is 3.07. The normalized spacial score (nSPS) is 25.5. The standard InChI is InChI=1S/C25H38N2O6/c1-32-19-23(30)27-13-6-5-10-25(24(31)33-18-22(29)21(28)9-14-27)11-15-26(16-12-25)17-20-7-3-2-4-8-20/h2-4,7-8,21-22,28-29H,5-6,9-19H2,1H3/t21-,22+/m0/s1. The van der Waals surface area contributed by atoms with E-state index in [0.717, 1.165) is 32.5 Å². The van der Waals surface area contributed by atoms with Gasteiger partial charge in [0.25, 0.3) is 0 Å². The molecule has 3 rings (SSSR count). The van der Waals surface area contributed by atoms with Crippen LogP contribution in [0.25, 0.3) is 0 Å². The highest BCUT2D eigenvalue weighted by Gasteiger charge is 2.42. The lowest BCUT2D eigenvalue weighted by molar-refractivity contribution is -0.165. The molecule has 1 spiro atoms. The van der Waals surface area contributed by atoms with Gasteiger partial charge in [0.2, 0.25) is 5.91 Å². The van der Waals surface area contributed by atoms with E-state index in [0.29, 0.717) is 32.4 Å². The molecule has 2 N–H and O–H groups in total. The Morgan fingerprint density at radius 2 is 1.79 bits per heavy atom. The first kappa shape index (κ1) is 25.6. The van der Waals surface area contributed by atoms with E-state index in [1.165, 1.54) is 12.7 Å². The van der Waals surface area contributed by atoms with Crippen molar-refractivity contribution in [1.82, 2.24) is 9.80 Å². The first-order chi connectivity index (χ1) is 15.9. The Hall–Kier alpha value is -2.00. The van der Waals surface area contributed by atoms with E-state index in [-0.39, 0.29) is 31.5 Å². The molecule has 2 aliphatic heterocycles. The Morgan fingerprint density at radius 1 is 1.06 bits per heavy atom. The smallest absolute Gasteiger partial charge is 0.312 e. The molecule has 8 nitrogen and oxygen atoms in total. The number of cyclic esters (lactones) is 1. The summed E-state index contributed by atoms with van der Waals surface area (Å²) in [6.07, 6.45) is 1.62. The number of likely N-dealkylation sites (tertiary alicyclic amines) is 1. The van der Waals surface area contributed by atoms with Gasteiger partial charge in [0, 0.05) is 26.7 Å². The van der Waals surface area contributed by atoms with Gasteiger partial charge in [0.05, 0.1) is 11.5 Å². The maximum absolute atomic E-state index is 13.2. The van der Waals surface area contributed by atoms with Crippen LogP contribution in [0.15, 0.2) is 30.3 Å². The molecule has 2 saturated heterocycles. The molecular weight excluding hydrogens is 424 g/mol. The van der Waals surface area contributed by atoms with Crippen LogP contribution in [0.5, 0.6) is 0 Å². The molecule has 2 fully saturated rings. The number of carbonyl (C=O) groups is 2. The number of esters is 1. The number of ether oxygens (including phenoxy) is 2. The molecule has 2 atom stereocenters. The summed E-state index contributed by atoms with van der Waals surface area (Å²) in [5.74, 6) is -0.412. The molecule has 0 bridgehead atoms. The second-order valence-electron chi connectivity index (χ2n) is 9.33. The molecule has 0 aromatic heterocycles. The predicted molar refractivity (Wildman–Crippen MR) is 123 cm³/mol. The van der Waals surface area contributed by atoms with Gasteiger partial charge < -0.3 is 24.6 Å². The highest BCUT2D eigenvalue weighted by molar-refractivity contribution is 5.77. The van der Waals surface area contributed by atoms with Crippen molar-refractivity contribution in [1.29, 1.82) is 0 Å². The first-order valence-electron chi connectivity index (χ1n) is 12.0. The van der Waals surface area contributed by atoms with Crippen LogP contribution in [-0.4, -0.2) is 90.6 Å². The summed E-state index contributed by atoms with van der Waals surface area (Å²) in [4.78, 5) is 29.6. The molecule has 0 aliphatic carbocycles. The van der Waals surface area contributed by atoms with Crippen LogP contribution in [0.4, 0.5) is 0 Å². The van der Waals surface area contributed by atoms with E-state index in [1.54, 1.807) is 4.90 Å². The number of aliphatic hydroxyl groups is 2. The molecule has 1 aromatic carbocycles. The van der Waals surface area contributed by atoms with Gasteiger partial charge in [-0.05, 0) is 50.8 Å². The minimum Gasteiger partial charge on any atom is -0.462 e. The SMILES string of the molecule is COCC(=O)N1CCCCC2(CCN(Cc3ccccc3)CC2)C(=O)OC[C@@H](O)[C@@H](O)CC1. The number of piperidine rings is 1. The zero-order chi connectivity index (χ0) is 23.7. The largest absolute Gasteiger partial charge is 0.462 e. The van der Waals surface area contributed by atoms with Gasteiger partial charge in [-0.15, -0.1) is 0 Å². The van der Waals surface area contributed by atoms with Gasteiger partial charge in [-0.25, -0.2) is 0 Å². The zero-order valence-electron chi connectivity index (χ0n) is 19.7. The highest BCUT2D eigenvalue weighted by atomic mass is 16.5. The van der Waals surface area contributed by atoms with Crippen molar-refractivity contribution in [2.24, 2.45) is 5.41 Å². The second-order valence-corrected chi connectivity index (χ2v) is 9.33. The van der Waals surface area contributed by atoms with Gasteiger partial charge in [0.1, 0.15) is 19.3 Å². The minimum atomic E-state index is -1.18. The van der Waals surface area contributed by atoms with Crippen LogP contribution in [0.2, 0.25) is 0 Å². The van der Waals surface area contributed by atoms with Crippen molar-refractivity contribution >= 4 is 11.9 Å². The molecular formula is C25H38N2O6. The van der Waals surface area contributed by atoms with Crippen molar-refractivity contribution in [3.05, 3.63) is 35.9 Å². The van der Waals surface area contributed by atoms with Crippen molar-refractivity contribution in [3.8, 4) is 0 Å². The molecule has 1 aromatic rings. The average molecular weight is 463 g/mol. The summed E-state index contributed by atoms with van der Waals surface area (Å²) < 4.78 is 10.5. The van der Waals surface area contributed by atoms with Gasteiger partial charge >= 0.3 is 5.97 Å². The number of benzene rings is 1. The molecule has 8 heteroatoms. The highest BCUT2D eigenvalue weighted by Crippen LogP contribution is 2.38. The quantitative estimate of drug-likeness (QED) is 0.656. The van der Waals surface area contributed by atoms with Gasteiger partial charge in [0.15, 0.2) is 0 Å². The Morgan fingerprint density at radius 3 is 2.48 bits per heavy atom. The van der Waals surface area contributed by atoms with Crippen LogP contribution in [0.1, 0.15) is 44.1 Å². The van der Waals surface area contributed by atoms with Crippen LogP contribution < -0.4 is 0 Å². The molecule has 2 aliphatic rings. The monoisotopic (exact) mass is 462 g/mol. The third-order valence-electron chi connectivity index (χ3n) is 6.97. The molecule has 2 heterocycles. The molecule has 0 radical (unpaired) electrons. The van der Waals surface area contributed by atoms with Crippen LogP contribution in [0.3, 0.4) is 0 Å². The lowest BCUT2D eigenvalue weighted by atomic mass is 9.74. The van der Waals surface area contributed by atoms with Gasteiger partial charge in [-0.1, -0.05) is 36.8 Å². The number of amides is 1. The van der Waals surface area contributed by atoms with Crippen molar-refractivity contribution in [2.45, 2.75) is 57.3 Å². The number of rotatable bonds is 4. The summed E-state index contributed by atoms with van der Waals surface area (Å²) in [7, 11) is 1.48. The lowest BCUT2D eigenvalue weighted by Gasteiger charge is -2.40. The van der Waals surface area contributed by atoms with Crippen LogP contribution in [-0.2, 0) is 25.6 Å². The summed E-state index contributed by atoms with van der Waals surface area (Å²) in [5.41, 5.74) is 0.664. The zero-order valence-corrected chi connectivity index (χ0v) is 19.7. The molecule has 1 amide bonds. The predicted octanol–water partition coefficient (Wildman–Crippen LogP) is 1.58. The molecule has 0 unspecified atom stereocenters. The number of nitrogens with zero attached hydrogens (tertiary/aromatic N) is 2. The van der Waals surface area contributed by atoms with E-state index in [9.17, 15) is 19.8 Å². The Balaban J connectivity index is 1.65. The lowest BCUT2D eigenvalue weighted by Crippen LogP contribution is -2.45. The molecule has 184 valence electrons. The van der Waals surface area contributed by atoms with E-state index in [4.69, 9.17) is 9.47 Å². The third-order valence-corrected chi connectivity index (χ3v) is 6.97. The van der Waals surface area contributed by atoms with Crippen molar-refractivity contribution in [2.75, 3.05) is 46.5 Å². The maximum Gasteiger partial charge on any atom is 0.312 e. The number of aliphatic hydroxyl groups excluding tert-OH is 2. The number of methoxy groups -OCH3 is 1. The topological polar surface area (TPSA) is 99.5 Å². The molecule has 0 saturated carbocycles. The average Bonchev–Trinajstić information content (AvgIpc) is 2.83. The summed E-state index contributed by atoms with van der Waals surface area (Å²) >= 11 is 0. The fraction of sp³-hybridized carbons (Fsp3) is 0.680. The number of hydrogen-bond acceptors (Lipinski definition) is 7. The molecule has 33 heavy (non-hydrogen) atoms. The minimum absolute atomic E-state index is 0.0125. The van der Waals surface area contributed by atoms with Gasteiger partial charge in [-0.3, -0.25) is 14.5 Å². The first-order valence-corrected chi connectivity index (χ1v) is 12.0. The summed E-state index contributed by atoms with van der Waals surface area (Å²) in [5, 5.41) is 20.6. The fourth-order valence-corrected chi connectivity index (χ4v) is 4.78. The van der Waals surface area contributed by atoms with E-state index in [2.05, 4.69) is 17.0 Å².